The molecule has 1 aromatic rings. The Kier molecular flexibility index (Phi) is 6.92. The van der Waals surface area contributed by atoms with Crippen molar-refractivity contribution in [1.82, 2.24) is 5.32 Å². The van der Waals surface area contributed by atoms with Crippen LogP contribution in [0.1, 0.15) is 12.8 Å². The number of carbonyl (C=O) groups excluding carboxylic acids is 2. The fraction of sp³-hybridized carbons (Fsp3) is 0.308. The number of amides is 2. The van der Waals surface area contributed by atoms with Crippen molar-refractivity contribution in [2.24, 2.45) is 0 Å². The van der Waals surface area contributed by atoms with E-state index in [-0.39, 0.29) is 12.8 Å². The number of carboxylic acids is 1. The number of urea groups is 1. The summed E-state index contributed by atoms with van der Waals surface area (Å²) in [6, 6.07) is 5.28. The number of aliphatic carboxylic acids is 1. The van der Waals surface area contributed by atoms with Crippen LogP contribution in [0, 0.1) is 3.57 Å². The largest absolute Gasteiger partial charge is 0.480 e. The number of rotatable bonds is 6. The van der Waals surface area contributed by atoms with Crippen molar-refractivity contribution in [2.75, 3.05) is 12.4 Å². The Labute approximate surface area is 135 Å². The van der Waals surface area contributed by atoms with Gasteiger partial charge >= 0.3 is 18.0 Å². The molecule has 1 aromatic carbocycles. The molecule has 0 aliphatic carbocycles. The van der Waals surface area contributed by atoms with Gasteiger partial charge in [0.05, 0.1) is 12.8 Å². The van der Waals surface area contributed by atoms with Gasteiger partial charge in [-0.25, -0.2) is 9.59 Å². The monoisotopic (exact) mass is 406 g/mol. The van der Waals surface area contributed by atoms with E-state index in [1.807, 2.05) is 12.1 Å². The van der Waals surface area contributed by atoms with Gasteiger partial charge in [-0.3, -0.25) is 4.79 Å². The van der Waals surface area contributed by atoms with Crippen molar-refractivity contribution in [2.45, 2.75) is 18.9 Å². The molecule has 0 bridgehead atoms. The van der Waals surface area contributed by atoms with Crippen molar-refractivity contribution >= 4 is 46.2 Å². The number of esters is 1. The third kappa shape index (κ3) is 5.98. The highest BCUT2D eigenvalue weighted by Crippen LogP contribution is 2.16. The van der Waals surface area contributed by atoms with Gasteiger partial charge in [-0.15, -0.1) is 0 Å². The molecular formula is C13H15IN2O5. The first-order valence-electron chi connectivity index (χ1n) is 6.05. The lowest BCUT2D eigenvalue weighted by Crippen LogP contribution is -2.43. The van der Waals surface area contributed by atoms with E-state index in [0.29, 0.717) is 5.69 Å². The summed E-state index contributed by atoms with van der Waals surface area (Å²) < 4.78 is 5.26. The van der Waals surface area contributed by atoms with Gasteiger partial charge in [0.25, 0.3) is 0 Å². The molecule has 0 heterocycles. The molecule has 2 amide bonds. The fourth-order valence-electron chi connectivity index (χ4n) is 1.50. The molecule has 21 heavy (non-hydrogen) atoms. The van der Waals surface area contributed by atoms with Gasteiger partial charge in [0.1, 0.15) is 6.04 Å². The van der Waals surface area contributed by atoms with Crippen LogP contribution in [0.4, 0.5) is 10.5 Å². The van der Waals surface area contributed by atoms with Crippen LogP contribution in [0.25, 0.3) is 0 Å². The van der Waals surface area contributed by atoms with E-state index in [2.05, 4.69) is 38.0 Å². The van der Waals surface area contributed by atoms with E-state index in [4.69, 9.17) is 5.11 Å². The molecule has 7 nitrogen and oxygen atoms in total. The molecule has 0 unspecified atom stereocenters. The molecule has 0 spiro atoms. The molecule has 0 aliphatic rings. The van der Waals surface area contributed by atoms with Crippen LogP contribution in [0.2, 0.25) is 0 Å². The molecule has 1 rings (SSSR count). The number of methoxy groups -OCH3 is 1. The zero-order valence-corrected chi connectivity index (χ0v) is 13.4. The van der Waals surface area contributed by atoms with E-state index in [1.54, 1.807) is 12.1 Å². The zero-order chi connectivity index (χ0) is 15.8. The summed E-state index contributed by atoms with van der Waals surface area (Å²) in [5.41, 5.74) is 0.577. The lowest BCUT2D eigenvalue weighted by molar-refractivity contribution is -0.142. The lowest BCUT2D eigenvalue weighted by atomic mass is 10.1. The Morgan fingerprint density at radius 3 is 2.57 bits per heavy atom. The van der Waals surface area contributed by atoms with Gasteiger partial charge in [-0.2, -0.15) is 0 Å². The number of para-hydroxylation sites is 1. The summed E-state index contributed by atoms with van der Waals surface area (Å²) in [5.74, 6) is -1.74. The molecule has 0 fully saturated rings. The second kappa shape index (κ2) is 8.45. The highest BCUT2D eigenvalue weighted by Gasteiger charge is 2.21. The van der Waals surface area contributed by atoms with Gasteiger partial charge < -0.3 is 20.5 Å². The second-order valence-electron chi connectivity index (χ2n) is 4.08. The standard InChI is InChI=1S/C13H15IN2O5/c1-21-11(17)7-6-10(12(18)19)16-13(20)15-9-5-3-2-4-8(9)14/h2-5,10H,6-7H2,1H3,(H,18,19)(H2,15,16,20)/t10-/m1/s1. The topological polar surface area (TPSA) is 105 Å². The van der Waals surface area contributed by atoms with Crippen LogP contribution >= 0.6 is 22.6 Å². The van der Waals surface area contributed by atoms with Crippen LogP contribution < -0.4 is 10.6 Å². The van der Waals surface area contributed by atoms with Crippen molar-refractivity contribution in [1.29, 1.82) is 0 Å². The summed E-state index contributed by atoms with van der Waals surface area (Å²) >= 11 is 2.05. The third-order valence-electron chi connectivity index (χ3n) is 2.59. The summed E-state index contributed by atoms with van der Waals surface area (Å²) in [4.78, 5) is 33.9. The molecule has 0 saturated carbocycles. The number of hydrogen-bond donors (Lipinski definition) is 3. The van der Waals surface area contributed by atoms with Crippen molar-refractivity contribution in [3.05, 3.63) is 27.8 Å². The number of nitrogens with one attached hydrogen (secondary N) is 2. The first kappa shape index (κ1) is 17.2. The van der Waals surface area contributed by atoms with Crippen molar-refractivity contribution in [3.8, 4) is 0 Å². The number of benzene rings is 1. The van der Waals surface area contributed by atoms with Gasteiger partial charge in [0.2, 0.25) is 0 Å². The SMILES string of the molecule is COC(=O)CC[C@@H](NC(=O)Nc1ccccc1I)C(=O)O. The maximum absolute atomic E-state index is 11.8. The molecule has 1 atom stereocenters. The number of hydrogen-bond acceptors (Lipinski definition) is 4. The van der Waals surface area contributed by atoms with E-state index < -0.39 is 24.0 Å². The van der Waals surface area contributed by atoms with Crippen LogP contribution in [-0.2, 0) is 14.3 Å². The van der Waals surface area contributed by atoms with E-state index in [0.717, 1.165) is 3.57 Å². The maximum Gasteiger partial charge on any atom is 0.326 e. The number of anilines is 1. The minimum absolute atomic E-state index is 0.0404. The predicted molar refractivity (Wildman–Crippen MR) is 84.0 cm³/mol. The number of carbonyl (C=O) groups is 3. The van der Waals surface area contributed by atoms with Crippen molar-refractivity contribution in [3.63, 3.8) is 0 Å². The van der Waals surface area contributed by atoms with Crippen LogP contribution in [0.5, 0.6) is 0 Å². The highest BCUT2D eigenvalue weighted by atomic mass is 127. The van der Waals surface area contributed by atoms with Gasteiger partial charge in [0, 0.05) is 9.99 Å². The minimum atomic E-state index is -1.21. The average Bonchev–Trinajstić information content (AvgIpc) is 2.45. The smallest absolute Gasteiger partial charge is 0.326 e. The number of carboxylic acid groups (broad SMARTS) is 1. The molecule has 8 heteroatoms. The summed E-state index contributed by atoms with van der Waals surface area (Å²) in [5, 5.41) is 13.9. The summed E-state index contributed by atoms with van der Waals surface area (Å²) in [7, 11) is 1.22. The van der Waals surface area contributed by atoms with E-state index >= 15 is 0 Å². The molecule has 114 valence electrons. The van der Waals surface area contributed by atoms with E-state index in [9.17, 15) is 14.4 Å². The molecule has 0 aliphatic heterocycles. The Morgan fingerprint density at radius 1 is 1.33 bits per heavy atom. The first-order chi connectivity index (χ1) is 9.93. The molecule has 0 aromatic heterocycles. The van der Waals surface area contributed by atoms with Crippen LogP contribution in [-0.4, -0.2) is 36.2 Å². The van der Waals surface area contributed by atoms with Gasteiger partial charge in [0.15, 0.2) is 0 Å². The lowest BCUT2D eigenvalue weighted by Gasteiger charge is -2.15. The third-order valence-corrected chi connectivity index (χ3v) is 3.53. The van der Waals surface area contributed by atoms with E-state index in [1.165, 1.54) is 7.11 Å². The molecule has 3 N–H and O–H groups in total. The highest BCUT2D eigenvalue weighted by molar-refractivity contribution is 14.1. The maximum atomic E-state index is 11.8. The van der Waals surface area contributed by atoms with Gasteiger partial charge in [-0.1, -0.05) is 12.1 Å². The molecule has 0 saturated heterocycles. The normalized spacial score (nSPS) is 11.3. The zero-order valence-electron chi connectivity index (χ0n) is 11.3. The number of halogens is 1. The Hall–Kier alpha value is -1.84. The quantitative estimate of drug-likeness (QED) is 0.494. The minimum Gasteiger partial charge on any atom is -0.480 e. The first-order valence-corrected chi connectivity index (χ1v) is 7.13. The Balaban J connectivity index is 2.58. The summed E-state index contributed by atoms with van der Waals surface area (Å²) in [6.07, 6.45) is -0.127. The second-order valence-corrected chi connectivity index (χ2v) is 5.25. The number of ether oxygens (including phenoxy) is 1. The van der Waals surface area contributed by atoms with Gasteiger partial charge in [-0.05, 0) is 41.1 Å². The fourth-order valence-corrected chi connectivity index (χ4v) is 2.02. The average molecular weight is 406 g/mol. The van der Waals surface area contributed by atoms with Crippen LogP contribution in [0.3, 0.4) is 0 Å². The Bertz CT molecular complexity index is 535. The van der Waals surface area contributed by atoms with Crippen molar-refractivity contribution < 1.29 is 24.2 Å². The molecule has 0 radical (unpaired) electrons. The molecular weight excluding hydrogens is 391 g/mol. The predicted octanol–water partition coefficient (Wildman–Crippen LogP) is 1.82. The summed E-state index contributed by atoms with van der Waals surface area (Å²) in [6.45, 7) is 0. The Morgan fingerprint density at radius 2 is 2.00 bits per heavy atom. The van der Waals surface area contributed by atoms with Crippen LogP contribution in [0.15, 0.2) is 24.3 Å².